The predicted octanol–water partition coefficient (Wildman–Crippen LogP) is 3.37. The van der Waals surface area contributed by atoms with Crippen molar-refractivity contribution >= 4 is 27.9 Å². The lowest BCUT2D eigenvalue weighted by atomic mass is 10.2. The molecule has 0 saturated carbocycles. The van der Waals surface area contributed by atoms with Crippen molar-refractivity contribution in [3.63, 3.8) is 0 Å². The van der Waals surface area contributed by atoms with Gasteiger partial charge < -0.3 is 5.32 Å². The van der Waals surface area contributed by atoms with E-state index in [-0.39, 0.29) is 11.7 Å². The summed E-state index contributed by atoms with van der Waals surface area (Å²) in [6.07, 6.45) is 2.81. The van der Waals surface area contributed by atoms with Crippen LogP contribution in [0.25, 0.3) is 6.08 Å². The fourth-order valence-electron chi connectivity index (χ4n) is 1.17. The van der Waals surface area contributed by atoms with Crippen molar-refractivity contribution in [2.45, 2.75) is 13.8 Å². The molecular formula is C13H15BrFNO. The Morgan fingerprint density at radius 3 is 2.88 bits per heavy atom. The number of benzene rings is 1. The number of nitrogens with one attached hydrogen (secondary N) is 1. The molecular weight excluding hydrogens is 285 g/mol. The fourth-order valence-corrected chi connectivity index (χ4v) is 1.55. The molecule has 1 N–H and O–H groups in total. The highest BCUT2D eigenvalue weighted by atomic mass is 79.9. The number of carbonyl (C=O) groups excluding carboxylic acids is 1. The van der Waals surface area contributed by atoms with E-state index in [1.807, 2.05) is 13.8 Å². The van der Waals surface area contributed by atoms with Crippen LogP contribution in [0.3, 0.4) is 0 Å². The highest BCUT2D eigenvalue weighted by molar-refractivity contribution is 9.10. The van der Waals surface area contributed by atoms with Crippen LogP contribution in [0, 0.1) is 11.7 Å². The summed E-state index contributed by atoms with van der Waals surface area (Å²) in [5, 5.41) is 2.73. The summed E-state index contributed by atoms with van der Waals surface area (Å²) in [5.74, 6) is -0.158. The summed E-state index contributed by atoms with van der Waals surface area (Å²) in [4.78, 5) is 11.4. The van der Waals surface area contributed by atoms with Crippen molar-refractivity contribution in [1.29, 1.82) is 0 Å². The molecule has 4 heteroatoms. The monoisotopic (exact) mass is 299 g/mol. The van der Waals surface area contributed by atoms with Gasteiger partial charge >= 0.3 is 0 Å². The Balaban J connectivity index is 2.64. The molecule has 1 aromatic carbocycles. The first-order valence-corrected chi connectivity index (χ1v) is 6.19. The van der Waals surface area contributed by atoms with Crippen LogP contribution in [0.5, 0.6) is 0 Å². The second kappa shape index (κ2) is 6.55. The second-order valence-corrected chi connectivity index (χ2v) is 5.05. The summed E-state index contributed by atoms with van der Waals surface area (Å²) < 4.78 is 14.1. The quantitative estimate of drug-likeness (QED) is 0.849. The van der Waals surface area contributed by atoms with Crippen LogP contribution in [0.1, 0.15) is 19.4 Å². The lowest BCUT2D eigenvalue weighted by molar-refractivity contribution is -0.116. The third kappa shape index (κ3) is 5.13. The number of hydrogen-bond donors (Lipinski definition) is 1. The molecule has 0 aliphatic carbocycles. The molecule has 0 spiro atoms. The summed E-state index contributed by atoms with van der Waals surface area (Å²) >= 11 is 3.25. The summed E-state index contributed by atoms with van der Waals surface area (Å²) in [6.45, 7) is 4.64. The Labute approximate surface area is 109 Å². The number of carbonyl (C=O) groups is 1. The predicted molar refractivity (Wildman–Crippen MR) is 71.0 cm³/mol. The van der Waals surface area contributed by atoms with Gasteiger partial charge in [0.1, 0.15) is 5.82 Å². The molecule has 2 nitrogen and oxygen atoms in total. The van der Waals surface area contributed by atoms with E-state index >= 15 is 0 Å². The molecule has 0 aromatic heterocycles. The first kappa shape index (κ1) is 13.9. The van der Waals surface area contributed by atoms with Crippen LogP contribution in [0.2, 0.25) is 0 Å². The van der Waals surface area contributed by atoms with Crippen molar-refractivity contribution < 1.29 is 9.18 Å². The van der Waals surface area contributed by atoms with E-state index in [0.29, 0.717) is 18.0 Å². The molecule has 0 aliphatic heterocycles. The summed E-state index contributed by atoms with van der Waals surface area (Å²) in [6, 6.07) is 4.60. The minimum Gasteiger partial charge on any atom is -0.352 e. The van der Waals surface area contributed by atoms with Crippen molar-refractivity contribution in [1.82, 2.24) is 5.32 Å². The van der Waals surface area contributed by atoms with E-state index in [1.54, 1.807) is 12.1 Å². The highest BCUT2D eigenvalue weighted by Crippen LogP contribution is 2.16. The van der Waals surface area contributed by atoms with Crippen molar-refractivity contribution in [2.75, 3.05) is 6.54 Å². The zero-order chi connectivity index (χ0) is 12.8. The minimum absolute atomic E-state index is 0.210. The van der Waals surface area contributed by atoms with Crippen LogP contribution >= 0.6 is 15.9 Å². The maximum absolute atomic E-state index is 13.3. The van der Waals surface area contributed by atoms with Gasteiger partial charge in [-0.15, -0.1) is 0 Å². The molecule has 0 unspecified atom stereocenters. The Hall–Kier alpha value is -1.16. The number of amides is 1. The van der Waals surface area contributed by atoms with Gasteiger partial charge in [0.2, 0.25) is 5.91 Å². The number of hydrogen-bond acceptors (Lipinski definition) is 1. The van der Waals surface area contributed by atoms with Gasteiger partial charge in [0, 0.05) is 22.7 Å². The van der Waals surface area contributed by atoms with E-state index < -0.39 is 0 Å². The molecule has 0 fully saturated rings. The van der Waals surface area contributed by atoms with E-state index in [1.165, 1.54) is 18.2 Å². The molecule has 0 radical (unpaired) electrons. The van der Waals surface area contributed by atoms with Crippen molar-refractivity contribution in [2.24, 2.45) is 5.92 Å². The van der Waals surface area contributed by atoms with Gasteiger partial charge in [0.05, 0.1) is 0 Å². The molecule has 1 rings (SSSR count). The Morgan fingerprint density at radius 1 is 1.53 bits per heavy atom. The number of rotatable bonds is 4. The molecule has 17 heavy (non-hydrogen) atoms. The standard InChI is InChI=1S/C13H15BrFNO/c1-9(2)8-16-13(17)6-3-10-7-11(14)4-5-12(10)15/h3-7,9H,8H2,1-2H3,(H,16,17)/b6-3-. The zero-order valence-electron chi connectivity index (χ0n) is 9.84. The van der Waals surface area contributed by atoms with Crippen molar-refractivity contribution in [3.8, 4) is 0 Å². The maximum atomic E-state index is 13.3. The van der Waals surface area contributed by atoms with Crippen LogP contribution in [0.4, 0.5) is 4.39 Å². The lowest BCUT2D eigenvalue weighted by Crippen LogP contribution is -2.25. The maximum Gasteiger partial charge on any atom is 0.244 e. The Morgan fingerprint density at radius 2 is 2.24 bits per heavy atom. The lowest BCUT2D eigenvalue weighted by Gasteiger charge is -2.04. The van der Waals surface area contributed by atoms with Crippen LogP contribution in [-0.4, -0.2) is 12.5 Å². The van der Waals surface area contributed by atoms with Gasteiger partial charge in [-0.25, -0.2) is 4.39 Å². The van der Waals surface area contributed by atoms with Gasteiger partial charge in [0.25, 0.3) is 0 Å². The van der Waals surface area contributed by atoms with Gasteiger partial charge in [0.15, 0.2) is 0 Å². The first-order chi connectivity index (χ1) is 7.99. The molecule has 0 bridgehead atoms. The fraction of sp³-hybridized carbons (Fsp3) is 0.308. The van der Waals surface area contributed by atoms with Crippen LogP contribution in [0.15, 0.2) is 28.7 Å². The van der Waals surface area contributed by atoms with Gasteiger partial charge in [-0.05, 0) is 30.2 Å². The average Bonchev–Trinajstić information content (AvgIpc) is 2.27. The van der Waals surface area contributed by atoms with E-state index in [4.69, 9.17) is 0 Å². The third-order valence-electron chi connectivity index (χ3n) is 2.06. The molecule has 0 aliphatic rings. The Bertz CT molecular complexity index is 429. The van der Waals surface area contributed by atoms with Gasteiger partial charge in [-0.3, -0.25) is 4.79 Å². The molecule has 0 saturated heterocycles. The summed E-state index contributed by atoms with van der Waals surface area (Å²) in [5.41, 5.74) is 0.388. The Kier molecular flexibility index (Phi) is 5.35. The molecule has 92 valence electrons. The van der Waals surface area contributed by atoms with E-state index in [0.717, 1.165) is 4.47 Å². The topological polar surface area (TPSA) is 29.1 Å². The SMILES string of the molecule is CC(C)CNC(=O)/C=C\c1cc(Br)ccc1F. The largest absolute Gasteiger partial charge is 0.352 e. The molecule has 1 amide bonds. The average molecular weight is 300 g/mol. The zero-order valence-corrected chi connectivity index (χ0v) is 11.4. The highest BCUT2D eigenvalue weighted by Gasteiger charge is 2.01. The van der Waals surface area contributed by atoms with Crippen molar-refractivity contribution in [3.05, 3.63) is 40.1 Å². The van der Waals surface area contributed by atoms with E-state index in [2.05, 4.69) is 21.2 Å². The van der Waals surface area contributed by atoms with Gasteiger partial charge in [-0.2, -0.15) is 0 Å². The minimum atomic E-state index is -0.346. The van der Waals surface area contributed by atoms with E-state index in [9.17, 15) is 9.18 Å². The van der Waals surface area contributed by atoms with Crippen LogP contribution < -0.4 is 5.32 Å². The number of halogens is 2. The smallest absolute Gasteiger partial charge is 0.244 e. The molecule has 1 aromatic rings. The molecule has 0 heterocycles. The third-order valence-corrected chi connectivity index (χ3v) is 2.55. The summed E-state index contributed by atoms with van der Waals surface area (Å²) in [7, 11) is 0. The second-order valence-electron chi connectivity index (χ2n) is 4.14. The van der Waals surface area contributed by atoms with Gasteiger partial charge in [-0.1, -0.05) is 29.8 Å². The molecule has 0 atom stereocenters. The first-order valence-electron chi connectivity index (χ1n) is 5.40. The van der Waals surface area contributed by atoms with Crippen LogP contribution in [-0.2, 0) is 4.79 Å². The normalized spacial score (nSPS) is 11.1.